The summed E-state index contributed by atoms with van der Waals surface area (Å²) in [5, 5.41) is 6.66. The lowest BCUT2D eigenvalue weighted by Crippen LogP contribution is -2.17. The number of nitrogens with zero attached hydrogens (tertiary/aromatic N) is 3. The van der Waals surface area contributed by atoms with Crippen molar-refractivity contribution in [3.63, 3.8) is 0 Å². The Kier molecular flexibility index (Phi) is 4.73. The van der Waals surface area contributed by atoms with Crippen LogP contribution in [0.5, 0.6) is 0 Å². The molecule has 0 spiro atoms. The van der Waals surface area contributed by atoms with E-state index >= 15 is 0 Å². The summed E-state index contributed by atoms with van der Waals surface area (Å²) in [5.74, 6) is 0.966. The molecule has 0 saturated heterocycles. The van der Waals surface area contributed by atoms with E-state index in [-0.39, 0.29) is 5.82 Å². The van der Waals surface area contributed by atoms with Crippen LogP contribution in [0.4, 0.5) is 21.8 Å². The molecular weight excluding hydrogens is 329 g/mol. The molecule has 2 N–H and O–H groups in total. The fourth-order valence-electron chi connectivity index (χ4n) is 3.16. The molecule has 0 unspecified atom stereocenters. The van der Waals surface area contributed by atoms with Crippen molar-refractivity contribution in [3.8, 4) is 11.4 Å². The third kappa shape index (κ3) is 3.96. The van der Waals surface area contributed by atoms with Gasteiger partial charge in [0.25, 0.3) is 0 Å². The summed E-state index contributed by atoms with van der Waals surface area (Å²) < 4.78 is 13.1. The second-order valence-corrected chi connectivity index (χ2v) is 6.43. The number of pyridine rings is 1. The Hall–Kier alpha value is -3.02. The summed E-state index contributed by atoms with van der Waals surface area (Å²) in [6.07, 6.45) is 6.49. The number of hydrogen-bond acceptors (Lipinski definition) is 5. The van der Waals surface area contributed by atoms with Crippen molar-refractivity contribution < 1.29 is 4.39 Å². The van der Waals surface area contributed by atoms with E-state index in [2.05, 4.69) is 25.6 Å². The number of halogens is 1. The number of aromatic nitrogens is 3. The fraction of sp³-hybridized carbons (Fsp3) is 0.250. The highest BCUT2D eigenvalue weighted by atomic mass is 19.1. The van der Waals surface area contributed by atoms with E-state index in [1.165, 1.54) is 25.0 Å². The summed E-state index contributed by atoms with van der Waals surface area (Å²) in [5.41, 5.74) is 2.29. The largest absolute Gasteiger partial charge is 0.351 e. The molecule has 1 aromatic carbocycles. The minimum Gasteiger partial charge on any atom is -0.351 e. The van der Waals surface area contributed by atoms with Gasteiger partial charge in [-0.2, -0.15) is 4.98 Å². The minimum atomic E-state index is -0.268. The second kappa shape index (κ2) is 7.47. The van der Waals surface area contributed by atoms with Crippen molar-refractivity contribution in [1.29, 1.82) is 0 Å². The van der Waals surface area contributed by atoms with Gasteiger partial charge in [-0.15, -0.1) is 0 Å². The van der Waals surface area contributed by atoms with E-state index < -0.39 is 0 Å². The quantitative estimate of drug-likeness (QED) is 0.694. The van der Waals surface area contributed by atoms with E-state index in [4.69, 9.17) is 0 Å². The van der Waals surface area contributed by atoms with E-state index in [9.17, 15) is 4.39 Å². The molecule has 1 aliphatic rings. The molecule has 1 saturated carbocycles. The Balaban J connectivity index is 1.65. The molecule has 2 heterocycles. The Morgan fingerprint density at radius 1 is 0.923 bits per heavy atom. The van der Waals surface area contributed by atoms with Crippen LogP contribution in [0.1, 0.15) is 25.7 Å². The normalized spacial score (nSPS) is 14.3. The summed E-state index contributed by atoms with van der Waals surface area (Å²) >= 11 is 0. The zero-order valence-electron chi connectivity index (χ0n) is 14.3. The van der Waals surface area contributed by atoms with Crippen molar-refractivity contribution in [2.45, 2.75) is 31.7 Å². The fourth-order valence-corrected chi connectivity index (χ4v) is 3.16. The van der Waals surface area contributed by atoms with Crippen molar-refractivity contribution in [3.05, 3.63) is 60.5 Å². The third-order valence-corrected chi connectivity index (χ3v) is 4.46. The molecule has 0 bridgehead atoms. The van der Waals surface area contributed by atoms with Crippen molar-refractivity contribution in [2.24, 2.45) is 0 Å². The second-order valence-electron chi connectivity index (χ2n) is 6.43. The average Bonchev–Trinajstić information content (AvgIpc) is 3.17. The SMILES string of the molecule is Fc1ccc(Nc2cc(-c3ccccn3)nc(NC3CCCC3)n2)cc1. The Labute approximate surface area is 151 Å². The predicted octanol–water partition coefficient (Wildman–Crippen LogP) is 4.78. The maximum absolute atomic E-state index is 13.1. The Bertz CT molecular complexity index is 861. The van der Waals surface area contributed by atoms with E-state index in [0.29, 0.717) is 17.8 Å². The molecule has 2 aromatic heterocycles. The molecule has 132 valence electrons. The van der Waals surface area contributed by atoms with Crippen LogP contribution >= 0.6 is 0 Å². The molecule has 1 fully saturated rings. The molecule has 0 aliphatic heterocycles. The zero-order valence-corrected chi connectivity index (χ0v) is 14.3. The maximum atomic E-state index is 13.1. The van der Waals surface area contributed by atoms with Crippen LogP contribution in [-0.2, 0) is 0 Å². The number of benzene rings is 1. The first kappa shape index (κ1) is 16.4. The minimum absolute atomic E-state index is 0.268. The van der Waals surface area contributed by atoms with Gasteiger partial charge < -0.3 is 10.6 Å². The van der Waals surface area contributed by atoms with E-state index in [1.54, 1.807) is 18.3 Å². The van der Waals surface area contributed by atoms with Crippen LogP contribution in [-0.4, -0.2) is 21.0 Å². The smallest absolute Gasteiger partial charge is 0.225 e. The van der Waals surface area contributed by atoms with Crippen LogP contribution in [0.25, 0.3) is 11.4 Å². The van der Waals surface area contributed by atoms with Gasteiger partial charge in [0.15, 0.2) is 0 Å². The van der Waals surface area contributed by atoms with Gasteiger partial charge in [-0.3, -0.25) is 4.98 Å². The van der Waals surface area contributed by atoms with Crippen LogP contribution in [0, 0.1) is 5.82 Å². The molecule has 0 atom stereocenters. The zero-order chi connectivity index (χ0) is 17.8. The van der Waals surface area contributed by atoms with Gasteiger partial charge >= 0.3 is 0 Å². The summed E-state index contributed by atoms with van der Waals surface area (Å²) in [6.45, 7) is 0. The first-order chi connectivity index (χ1) is 12.8. The van der Waals surface area contributed by atoms with Crippen LogP contribution < -0.4 is 10.6 Å². The average molecular weight is 349 g/mol. The molecule has 6 heteroatoms. The van der Waals surface area contributed by atoms with Gasteiger partial charge in [0.1, 0.15) is 11.6 Å². The number of anilines is 3. The summed E-state index contributed by atoms with van der Waals surface area (Å²) in [4.78, 5) is 13.6. The molecular formula is C20H20FN5. The van der Waals surface area contributed by atoms with Crippen molar-refractivity contribution in [2.75, 3.05) is 10.6 Å². The highest BCUT2D eigenvalue weighted by Crippen LogP contribution is 2.25. The summed E-state index contributed by atoms with van der Waals surface area (Å²) in [7, 11) is 0. The maximum Gasteiger partial charge on any atom is 0.225 e. The first-order valence-corrected chi connectivity index (χ1v) is 8.86. The monoisotopic (exact) mass is 349 g/mol. The van der Waals surface area contributed by atoms with Crippen LogP contribution in [0.3, 0.4) is 0 Å². The van der Waals surface area contributed by atoms with E-state index in [1.807, 2.05) is 24.3 Å². The third-order valence-electron chi connectivity index (χ3n) is 4.46. The van der Waals surface area contributed by atoms with Crippen LogP contribution in [0.15, 0.2) is 54.7 Å². The number of hydrogen-bond donors (Lipinski definition) is 2. The van der Waals surface area contributed by atoms with Gasteiger partial charge in [-0.25, -0.2) is 9.37 Å². The lowest BCUT2D eigenvalue weighted by Gasteiger charge is -2.14. The Morgan fingerprint density at radius 3 is 2.46 bits per heavy atom. The van der Waals surface area contributed by atoms with Crippen LogP contribution in [0.2, 0.25) is 0 Å². The first-order valence-electron chi connectivity index (χ1n) is 8.86. The lowest BCUT2D eigenvalue weighted by molar-refractivity contribution is 0.628. The van der Waals surface area contributed by atoms with Gasteiger partial charge in [0, 0.05) is 24.0 Å². The van der Waals surface area contributed by atoms with E-state index in [0.717, 1.165) is 29.9 Å². The van der Waals surface area contributed by atoms with Gasteiger partial charge in [-0.05, 0) is 49.2 Å². The standard InChI is InChI=1S/C20H20FN5/c21-14-8-10-16(11-9-14)23-19-13-18(17-7-3-4-12-22-17)25-20(26-19)24-15-5-1-2-6-15/h3-4,7-13,15H,1-2,5-6H2,(H2,23,24,25,26). The van der Waals surface area contributed by atoms with Crippen molar-refractivity contribution >= 4 is 17.5 Å². The van der Waals surface area contributed by atoms with Crippen molar-refractivity contribution in [1.82, 2.24) is 15.0 Å². The topological polar surface area (TPSA) is 62.7 Å². The molecule has 26 heavy (non-hydrogen) atoms. The van der Waals surface area contributed by atoms with Gasteiger partial charge in [-0.1, -0.05) is 18.9 Å². The number of rotatable bonds is 5. The molecule has 1 aliphatic carbocycles. The predicted molar refractivity (Wildman–Crippen MR) is 101 cm³/mol. The molecule has 5 nitrogen and oxygen atoms in total. The highest BCUT2D eigenvalue weighted by molar-refractivity contribution is 5.65. The molecule has 0 amide bonds. The molecule has 0 radical (unpaired) electrons. The van der Waals surface area contributed by atoms with Gasteiger partial charge in [0.2, 0.25) is 5.95 Å². The summed E-state index contributed by atoms with van der Waals surface area (Å²) in [6, 6.07) is 14.2. The molecule has 4 rings (SSSR count). The highest BCUT2D eigenvalue weighted by Gasteiger charge is 2.17. The Morgan fingerprint density at radius 2 is 1.73 bits per heavy atom. The molecule has 3 aromatic rings. The number of nitrogens with one attached hydrogen (secondary N) is 2. The lowest BCUT2D eigenvalue weighted by atomic mass is 10.2. The van der Waals surface area contributed by atoms with Gasteiger partial charge in [0.05, 0.1) is 11.4 Å².